The Balaban J connectivity index is 1.95. The molecule has 3 nitrogen and oxygen atoms in total. The van der Waals surface area contributed by atoms with Gasteiger partial charge in [-0.1, -0.05) is 19.3 Å². The predicted octanol–water partition coefficient (Wildman–Crippen LogP) is 2.53. The molecule has 76 valence electrons. The minimum atomic E-state index is 0.611. The minimum absolute atomic E-state index is 0.611. The molecule has 0 bridgehead atoms. The molecule has 1 aliphatic carbocycles. The lowest BCUT2D eigenvalue weighted by atomic mass is 9.95. The first-order valence-electron chi connectivity index (χ1n) is 5.40. The van der Waals surface area contributed by atoms with Crippen LogP contribution in [0.1, 0.15) is 37.7 Å². The second kappa shape index (κ2) is 4.40. The largest absolute Gasteiger partial charge is 0.366 e. The minimum Gasteiger partial charge on any atom is -0.366 e. The molecule has 0 amide bonds. The lowest BCUT2D eigenvalue weighted by Gasteiger charge is -2.22. The molecule has 3 heteroatoms. The van der Waals surface area contributed by atoms with Crippen molar-refractivity contribution in [2.75, 3.05) is 5.32 Å². The van der Waals surface area contributed by atoms with Gasteiger partial charge in [-0.3, -0.25) is 0 Å². The molecule has 0 aromatic carbocycles. The predicted molar refractivity (Wildman–Crippen MR) is 57.3 cm³/mol. The normalized spacial score (nSPS) is 18.1. The van der Waals surface area contributed by atoms with Gasteiger partial charge in [0.1, 0.15) is 5.82 Å². The van der Waals surface area contributed by atoms with Gasteiger partial charge in [0.2, 0.25) is 0 Å². The van der Waals surface area contributed by atoms with Crippen molar-refractivity contribution in [3.8, 4) is 0 Å². The zero-order chi connectivity index (χ0) is 9.80. The van der Waals surface area contributed by atoms with Crippen LogP contribution in [-0.4, -0.2) is 16.2 Å². The van der Waals surface area contributed by atoms with Gasteiger partial charge in [0.25, 0.3) is 0 Å². The van der Waals surface area contributed by atoms with E-state index in [-0.39, 0.29) is 0 Å². The highest BCUT2D eigenvalue weighted by atomic mass is 15.2. The molecule has 0 spiro atoms. The van der Waals surface area contributed by atoms with E-state index in [9.17, 15) is 0 Å². The van der Waals surface area contributed by atoms with Crippen molar-refractivity contribution in [1.82, 2.24) is 10.2 Å². The maximum absolute atomic E-state index is 4.07. The smallest absolute Gasteiger partial charge is 0.149 e. The molecule has 1 aliphatic rings. The number of nitrogens with one attached hydrogen (secondary N) is 1. The number of nitrogens with zero attached hydrogens (tertiary/aromatic N) is 2. The molecule has 1 fully saturated rings. The second-order valence-electron chi connectivity index (χ2n) is 4.10. The number of hydrogen-bond acceptors (Lipinski definition) is 3. The third-order valence-electron chi connectivity index (χ3n) is 2.75. The fraction of sp³-hybridized carbons (Fsp3) is 0.636. The SMILES string of the molecule is Cc1cnnc(NC2CCCCC2)c1. The van der Waals surface area contributed by atoms with Gasteiger partial charge in [-0.15, -0.1) is 5.10 Å². The number of rotatable bonds is 2. The summed E-state index contributed by atoms with van der Waals surface area (Å²) in [6.45, 7) is 2.04. The van der Waals surface area contributed by atoms with Crippen molar-refractivity contribution in [2.24, 2.45) is 0 Å². The van der Waals surface area contributed by atoms with Crippen LogP contribution in [0.3, 0.4) is 0 Å². The van der Waals surface area contributed by atoms with E-state index in [0.29, 0.717) is 6.04 Å². The Bertz CT molecular complexity index is 292. The van der Waals surface area contributed by atoms with E-state index >= 15 is 0 Å². The quantitative estimate of drug-likeness (QED) is 0.780. The zero-order valence-corrected chi connectivity index (χ0v) is 8.66. The highest BCUT2D eigenvalue weighted by molar-refractivity contribution is 5.36. The summed E-state index contributed by atoms with van der Waals surface area (Å²) >= 11 is 0. The van der Waals surface area contributed by atoms with Gasteiger partial charge < -0.3 is 5.32 Å². The van der Waals surface area contributed by atoms with Gasteiger partial charge in [-0.05, 0) is 31.4 Å². The van der Waals surface area contributed by atoms with E-state index in [1.807, 2.05) is 6.92 Å². The second-order valence-corrected chi connectivity index (χ2v) is 4.10. The van der Waals surface area contributed by atoms with Crippen molar-refractivity contribution in [1.29, 1.82) is 0 Å². The topological polar surface area (TPSA) is 37.8 Å². The zero-order valence-electron chi connectivity index (χ0n) is 8.66. The number of anilines is 1. The van der Waals surface area contributed by atoms with Crippen molar-refractivity contribution in [3.05, 3.63) is 17.8 Å². The van der Waals surface area contributed by atoms with E-state index in [0.717, 1.165) is 5.82 Å². The molecule has 1 heterocycles. The van der Waals surface area contributed by atoms with E-state index in [1.165, 1.54) is 37.7 Å². The Morgan fingerprint density at radius 2 is 2.07 bits per heavy atom. The molecular weight excluding hydrogens is 174 g/mol. The molecule has 0 unspecified atom stereocenters. The molecule has 0 atom stereocenters. The molecule has 1 aromatic heterocycles. The Morgan fingerprint density at radius 1 is 1.29 bits per heavy atom. The number of aryl methyl sites for hydroxylation is 1. The summed E-state index contributed by atoms with van der Waals surface area (Å²) in [6, 6.07) is 2.67. The van der Waals surface area contributed by atoms with Crippen LogP contribution in [0.15, 0.2) is 12.3 Å². The van der Waals surface area contributed by atoms with Crippen LogP contribution >= 0.6 is 0 Å². The molecule has 14 heavy (non-hydrogen) atoms. The van der Waals surface area contributed by atoms with E-state index < -0.39 is 0 Å². The van der Waals surface area contributed by atoms with Crippen LogP contribution in [-0.2, 0) is 0 Å². The average molecular weight is 191 g/mol. The molecule has 1 saturated carbocycles. The van der Waals surface area contributed by atoms with Crippen LogP contribution < -0.4 is 5.32 Å². The average Bonchev–Trinajstić information content (AvgIpc) is 2.19. The summed E-state index contributed by atoms with van der Waals surface area (Å²) < 4.78 is 0. The summed E-state index contributed by atoms with van der Waals surface area (Å²) in [4.78, 5) is 0. The van der Waals surface area contributed by atoms with E-state index in [4.69, 9.17) is 0 Å². The molecule has 0 saturated heterocycles. The van der Waals surface area contributed by atoms with Crippen LogP contribution in [0.25, 0.3) is 0 Å². The highest BCUT2D eigenvalue weighted by Crippen LogP contribution is 2.20. The lowest BCUT2D eigenvalue weighted by molar-refractivity contribution is 0.461. The van der Waals surface area contributed by atoms with Crippen LogP contribution in [0.2, 0.25) is 0 Å². The molecule has 0 aliphatic heterocycles. The molecular formula is C11H17N3. The molecule has 1 aromatic rings. The van der Waals surface area contributed by atoms with Gasteiger partial charge in [0.15, 0.2) is 0 Å². The molecule has 2 rings (SSSR count). The van der Waals surface area contributed by atoms with Crippen molar-refractivity contribution in [3.63, 3.8) is 0 Å². The summed E-state index contributed by atoms with van der Waals surface area (Å²) in [5.74, 6) is 0.928. The van der Waals surface area contributed by atoms with Gasteiger partial charge in [0, 0.05) is 6.04 Å². The fourth-order valence-electron chi connectivity index (χ4n) is 1.99. The summed E-state index contributed by atoms with van der Waals surface area (Å²) in [5.41, 5.74) is 1.17. The van der Waals surface area contributed by atoms with Crippen molar-refractivity contribution in [2.45, 2.75) is 45.1 Å². The summed E-state index contributed by atoms with van der Waals surface area (Å²) in [6.07, 6.45) is 8.41. The van der Waals surface area contributed by atoms with Gasteiger partial charge in [-0.25, -0.2) is 0 Å². The number of aromatic nitrogens is 2. The standard InChI is InChI=1S/C11H17N3/c1-9-7-11(14-12-8-9)13-10-5-3-2-4-6-10/h7-8,10H,2-6H2,1H3,(H,13,14). The first kappa shape index (κ1) is 9.44. The molecule has 0 radical (unpaired) electrons. The third-order valence-corrected chi connectivity index (χ3v) is 2.75. The molecule has 1 N–H and O–H groups in total. The van der Waals surface area contributed by atoms with E-state index in [2.05, 4.69) is 21.6 Å². The summed E-state index contributed by atoms with van der Waals surface area (Å²) in [5, 5.41) is 11.5. The van der Waals surface area contributed by atoms with Crippen molar-refractivity contribution >= 4 is 5.82 Å². The van der Waals surface area contributed by atoms with Gasteiger partial charge >= 0.3 is 0 Å². The Kier molecular flexibility index (Phi) is 2.96. The van der Waals surface area contributed by atoms with Crippen LogP contribution in [0, 0.1) is 6.92 Å². The monoisotopic (exact) mass is 191 g/mol. The first-order chi connectivity index (χ1) is 6.84. The summed E-state index contributed by atoms with van der Waals surface area (Å²) in [7, 11) is 0. The maximum atomic E-state index is 4.07. The van der Waals surface area contributed by atoms with Crippen molar-refractivity contribution < 1.29 is 0 Å². The Hall–Kier alpha value is -1.12. The van der Waals surface area contributed by atoms with Crippen LogP contribution in [0.5, 0.6) is 0 Å². The Morgan fingerprint density at radius 3 is 2.79 bits per heavy atom. The van der Waals surface area contributed by atoms with E-state index in [1.54, 1.807) is 6.20 Å². The lowest BCUT2D eigenvalue weighted by Crippen LogP contribution is -2.22. The maximum Gasteiger partial charge on any atom is 0.149 e. The number of hydrogen-bond donors (Lipinski definition) is 1. The first-order valence-corrected chi connectivity index (χ1v) is 5.40. The fourth-order valence-corrected chi connectivity index (χ4v) is 1.99. The third kappa shape index (κ3) is 2.44. The van der Waals surface area contributed by atoms with Crippen LogP contribution in [0.4, 0.5) is 5.82 Å². The van der Waals surface area contributed by atoms with Gasteiger partial charge in [-0.2, -0.15) is 5.10 Å². The highest BCUT2D eigenvalue weighted by Gasteiger charge is 2.13. The Labute approximate surface area is 84.9 Å². The van der Waals surface area contributed by atoms with Gasteiger partial charge in [0.05, 0.1) is 6.20 Å².